The molecule has 0 atom stereocenters. The van der Waals surface area contributed by atoms with Crippen molar-refractivity contribution in [2.45, 2.75) is 33.1 Å². The van der Waals surface area contributed by atoms with Gasteiger partial charge in [0.2, 0.25) is 0 Å². The van der Waals surface area contributed by atoms with Crippen LogP contribution in [0.1, 0.15) is 33.4 Å². The quantitative estimate of drug-likeness (QED) is 0.357. The predicted molar refractivity (Wildman–Crippen MR) is 142 cm³/mol. The van der Waals surface area contributed by atoms with Crippen molar-refractivity contribution in [3.05, 3.63) is 46.6 Å². The first kappa shape index (κ1) is 23.9. The molecule has 0 amide bonds. The van der Waals surface area contributed by atoms with Gasteiger partial charge in [-0.2, -0.15) is 0 Å². The number of nitrogens with zero attached hydrogens (tertiary/aromatic N) is 2. The molecule has 2 aromatic carbocycles. The molecular weight excluding hydrogens is 500 g/mol. The first-order valence-electron chi connectivity index (χ1n) is 11.2. The van der Waals surface area contributed by atoms with Gasteiger partial charge in [-0.15, -0.1) is 0 Å². The van der Waals surface area contributed by atoms with Gasteiger partial charge in [0.05, 0.1) is 31.2 Å². The lowest BCUT2D eigenvalue weighted by atomic mass is 9.92. The fourth-order valence-electron chi connectivity index (χ4n) is 3.76. The zero-order valence-electron chi connectivity index (χ0n) is 19.6. The van der Waals surface area contributed by atoms with Crippen LogP contribution in [0.25, 0.3) is 11.1 Å². The van der Waals surface area contributed by atoms with E-state index in [1.165, 1.54) is 5.00 Å². The van der Waals surface area contributed by atoms with E-state index in [0.717, 1.165) is 69.9 Å². The number of thiazole rings is 1. The summed E-state index contributed by atoms with van der Waals surface area (Å²) in [6, 6.07) is 11.9. The van der Waals surface area contributed by atoms with E-state index in [4.69, 9.17) is 20.2 Å². The van der Waals surface area contributed by atoms with Crippen LogP contribution in [0.15, 0.2) is 40.9 Å². The van der Waals surface area contributed by atoms with Crippen LogP contribution in [0.4, 0.5) is 21.5 Å². The largest absolute Gasteiger partial charge is 0.493 e. The lowest BCUT2D eigenvalue weighted by Gasteiger charge is -2.30. The number of hydrogen-bond donors (Lipinski definition) is 2. The summed E-state index contributed by atoms with van der Waals surface area (Å²) in [5.74, 6) is 0.814. The van der Waals surface area contributed by atoms with E-state index in [1.54, 1.807) is 11.3 Å². The Morgan fingerprint density at radius 1 is 1.18 bits per heavy atom. The molecule has 176 valence electrons. The number of ether oxygens (including phenoxy) is 2. The number of aromatic nitrogens is 1. The van der Waals surface area contributed by atoms with Gasteiger partial charge in [-0.3, -0.25) is 0 Å². The van der Waals surface area contributed by atoms with Crippen molar-refractivity contribution in [1.29, 1.82) is 0 Å². The smallest absolute Gasteiger partial charge is 0.189 e. The van der Waals surface area contributed by atoms with Crippen molar-refractivity contribution in [2.24, 2.45) is 0 Å². The summed E-state index contributed by atoms with van der Waals surface area (Å²) >= 11 is 5.44. The molecule has 1 aromatic heterocycles. The first-order valence-corrected chi connectivity index (χ1v) is 12.8. The zero-order valence-corrected chi connectivity index (χ0v) is 22.0. The summed E-state index contributed by atoms with van der Waals surface area (Å²) in [5.41, 5.74) is 10.6. The Balaban J connectivity index is 1.69. The summed E-state index contributed by atoms with van der Waals surface area (Å²) in [4.78, 5) is 7.40. The summed E-state index contributed by atoms with van der Waals surface area (Å²) in [6.45, 7) is 12.5. The number of nitrogens with one attached hydrogen (secondary N) is 1. The molecule has 0 saturated carbocycles. The SMILES string of the molecule is CCOc1cc(Nc2nc(C(C)(C)C)c(N3CCOCC3)s2)c(Br)cc1-c1ccc(N)cc1. The Morgan fingerprint density at radius 2 is 1.88 bits per heavy atom. The van der Waals surface area contributed by atoms with Gasteiger partial charge in [0.15, 0.2) is 5.13 Å². The van der Waals surface area contributed by atoms with Crippen molar-refractivity contribution in [1.82, 2.24) is 4.98 Å². The molecule has 1 aliphatic heterocycles. The van der Waals surface area contributed by atoms with Crippen LogP contribution in [0.5, 0.6) is 5.75 Å². The highest BCUT2D eigenvalue weighted by molar-refractivity contribution is 9.10. The molecule has 8 heteroatoms. The van der Waals surface area contributed by atoms with E-state index in [2.05, 4.69) is 53.0 Å². The van der Waals surface area contributed by atoms with Crippen LogP contribution in [0.2, 0.25) is 0 Å². The van der Waals surface area contributed by atoms with Gasteiger partial charge in [0.25, 0.3) is 0 Å². The van der Waals surface area contributed by atoms with Gasteiger partial charge >= 0.3 is 0 Å². The van der Waals surface area contributed by atoms with Crippen LogP contribution < -0.4 is 20.7 Å². The average molecular weight is 532 g/mol. The molecule has 6 nitrogen and oxygen atoms in total. The number of benzene rings is 2. The third-order valence-corrected chi connectivity index (χ3v) is 7.14. The number of anilines is 4. The third kappa shape index (κ3) is 5.45. The minimum atomic E-state index is -0.0587. The Morgan fingerprint density at radius 3 is 2.52 bits per heavy atom. The second kappa shape index (κ2) is 9.91. The normalized spacial score (nSPS) is 14.4. The van der Waals surface area contributed by atoms with Gasteiger partial charge in [-0.25, -0.2) is 4.98 Å². The number of nitrogens with two attached hydrogens (primary N) is 1. The Kier molecular flexibility index (Phi) is 7.16. The molecule has 1 saturated heterocycles. The van der Waals surface area contributed by atoms with Gasteiger partial charge in [-0.1, -0.05) is 44.2 Å². The average Bonchev–Trinajstić information content (AvgIpc) is 3.22. The molecule has 0 aliphatic carbocycles. The van der Waals surface area contributed by atoms with Crippen molar-refractivity contribution >= 4 is 48.8 Å². The third-order valence-electron chi connectivity index (χ3n) is 5.45. The van der Waals surface area contributed by atoms with Crippen molar-refractivity contribution in [3.63, 3.8) is 0 Å². The Labute approximate surface area is 208 Å². The van der Waals surface area contributed by atoms with E-state index >= 15 is 0 Å². The molecule has 0 radical (unpaired) electrons. The van der Waals surface area contributed by atoms with E-state index in [1.807, 2.05) is 37.3 Å². The molecule has 3 N–H and O–H groups in total. The summed E-state index contributed by atoms with van der Waals surface area (Å²) in [5, 5.41) is 5.61. The number of rotatable bonds is 6. The molecule has 1 fully saturated rings. The Bertz CT molecular complexity index is 1100. The van der Waals surface area contributed by atoms with E-state index in [-0.39, 0.29) is 5.41 Å². The van der Waals surface area contributed by atoms with Crippen LogP contribution in [0.3, 0.4) is 0 Å². The molecular formula is C25H31BrN4O2S. The number of morpholine rings is 1. The van der Waals surface area contributed by atoms with E-state index < -0.39 is 0 Å². The highest BCUT2D eigenvalue weighted by atomic mass is 79.9. The first-order chi connectivity index (χ1) is 15.8. The zero-order chi connectivity index (χ0) is 23.6. The van der Waals surface area contributed by atoms with E-state index in [9.17, 15) is 0 Å². The molecule has 4 rings (SSSR count). The van der Waals surface area contributed by atoms with Crippen molar-refractivity contribution < 1.29 is 9.47 Å². The fraction of sp³-hybridized carbons (Fsp3) is 0.400. The van der Waals surface area contributed by atoms with Crippen molar-refractivity contribution in [3.8, 4) is 16.9 Å². The molecule has 0 spiro atoms. The summed E-state index contributed by atoms with van der Waals surface area (Å²) < 4.78 is 12.5. The molecule has 2 heterocycles. The second-order valence-corrected chi connectivity index (χ2v) is 10.9. The van der Waals surface area contributed by atoms with Crippen LogP contribution in [-0.4, -0.2) is 37.9 Å². The Hall–Kier alpha value is -2.29. The standard InChI is InChI=1S/C25H31BrN4O2S/c1-5-32-21-15-20(19(26)14-18(21)16-6-8-17(27)9-7-16)28-24-29-22(25(2,3)4)23(33-24)30-10-12-31-13-11-30/h6-9,14-15H,5,10-13,27H2,1-4H3,(H,28,29). The summed E-state index contributed by atoms with van der Waals surface area (Å²) in [7, 11) is 0. The van der Waals surface area contributed by atoms with E-state index in [0.29, 0.717) is 6.61 Å². The molecule has 1 aliphatic rings. The lowest BCUT2D eigenvalue weighted by molar-refractivity contribution is 0.123. The van der Waals surface area contributed by atoms with Crippen LogP contribution in [-0.2, 0) is 10.2 Å². The number of nitrogen functional groups attached to an aromatic ring is 1. The number of hydrogen-bond acceptors (Lipinski definition) is 7. The van der Waals surface area contributed by atoms with Gasteiger partial charge in [0.1, 0.15) is 10.8 Å². The highest BCUT2D eigenvalue weighted by Gasteiger charge is 2.28. The van der Waals surface area contributed by atoms with Gasteiger partial charge in [-0.05, 0) is 46.6 Å². The molecule has 0 unspecified atom stereocenters. The summed E-state index contributed by atoms with van der Waals surface area (Å²) in [6.07, 6.45) is 0. The van der Waals surface area contributed by atoms with Crippen LogP contribution in [0, 0.1) is 0 Å². The fourth-order valence-corrected chi connectivity index (χ4v) is 5.45. The maximum absolute atomic E-state index is 6.00. The molecule has 0 bridgehead atoms. The minimum Gasteiger partial charge on any atom is -0.493 e. The lowest BCUT2D eigenvalue weighted by Crippen LogP contribution is -2.37. The molecule has 33 heavy (non-hydrogen) atoms. The second-order valence-electron chi connectivity index (χ2n) is 9.03. The minimum absolute atomic E-state index is 0.0587. The topological polar surface area (TPSA) is 72.6 Å². The van der Waals surface area contributed by atoms with Crippen LogP contribution >= 0.6 is 27.3 Å². The van der Waals surface area contributed by atoms with Gasteiger partial charge in [0, 0.05) is 40.3 Å². The highest BCUT2D eigenvalue weighted by Crippen LogP contribution is 2.43. The maximum Gasteiger partial charge on any atom is 0.189 e. The monoisotopic (exact) mass is 530 g/mol. The predicted octanol–water partition coefficient (Wildman–Crippen LogP) is 6.43. The number of halogens is 1. The van der Waals surface area contributed by atoms with Gasteiger partial charge < -0.3 is 25.4 Å². The van der Waals surface area contributed by atoms with Crippen molar-refractivity contribution in [2.75, 3.05) is 48.9 Å². The maximum atomic E-state index is 6.00. The molecule has 3 aromatic rings.